The number of benzene rings is 1. The number of carbonyl (C=O) groups is 2. The van der Waals surface area contributed by atoms with Crippen LogP contribution in [0.4, 0.5) is 29.1 Å². The molecule has 2 amide bonds. The van der Waals surface area contributed by atoms with E-state index in [4.69, 9.17) is 11.6 Å². The second-order valence-corrected chi connectivity index (χ2v) is 8.67. The standard InChI is InChI=1S/C22H23ClF4N4O2/c1-12-7-14(22(25,26)27)9-19(28-12)31-18(8-13(20(31)32)11-29(2)3)21(33)30(4)15-5-6-17(24)16(23)10-15/h5-7,9-10,13,18H,8,11H2,1-4H3/t13-,18+/m1/s1. The predicted octanol–water partition coefficient (Wildman–Crippen LogP) is 4.15. The Balaban J connectivity index is 2.04. The molecule has 2 heterocycles. The van der Waals surface area contributed by atoms with Crippen molar-refractivity contribution in [3.8, 4) is 0 Å². The van der Waals surface area contributed by atoms with E-state index in [1.165, 1.54) is 31.0 Å². The second-order valence-electron chi connectivity index (χ2n) is 8.27. The highest BCUT2D eigenvalue weighted by molar-refractivity contribution is 6.31. The Morgan fingerprint density at radius 1 is 1.21 bits per heavy atom. The van der Waals surface area contributed by atoms with Crippen LogP contribution in [0.15, 0.2) is 30.3 Å². The average Bonchev–Trinajstić information content (AvgIpc) is 3.03. The fraction of sp³-hybridized carbons (Fsp3) is 0.409. The maximum absolute atomic E-state index is 13.6. The van der Waals surface area contributed by atoms with Gasteiger partial charge in [-0.3, -0.25) is 14.5 Å². The van der Waals surface area contributed by atoms with Gasteiger partial charge in [-0.2, -0.15) is 13.2 Å². The van der Waals surface area contributed by atoms with E-state index in [1.54, 1.807) is 19.0 Å². The molecular weight excluding hydrogens is 464 g/mol. The first kappa shape index (κ1) is 24.9. The molecule has 6 nitrogen and oxygen atoms in total. The Hall–Kier alpha value is -2.72. The predicted molar refractivity (Wildman–Crippen MR) is 117 cm³/mol. The van der Waals surface area contributed by atoms with Crippen LogP contribution >= 0.6 is 11.6 Å². The molecule has 3 rings (SSSR count). The molecule has 0 aliphatic carbocycles. The zero-order chi connectivity index (χ0) is 24.7. The number of nitrogens with zero attached hydrogens (tertiary/aromatic N) is 4. The molecule has 11 heteroatoms. The number of amides is 2. The number of likely N-dealkylation sites (N-methyl/N-ethyl adjacent to an activating group) is 1. The van der Waals surface area contributed by atoms with E-state index in [-0.39, 0.29) is 28.6 Å². The van der Waals surface area contributed by atoms with Crippen molar-refractivity contribution >= 4 is 34.9 Å². The topological polar surface area (TPSA) is 56.8 Å². The minimum Gasteiger partial charge on any atom is -0.314 e. The third kappa shape index (κ3) is 5.27. The van der Waals surface area contributed by atoms with Gasteiger partial charge < -0.3 is 9.80 Å². The highest BCUT2D eigenvalue weighted by atomic mass is 35.5. The Morgan fingerprint density at radius 3 is 2.45 bits per heavy atom. The molecule has 0 bridgehead atoms. The van der Waals surface area contributed by atoms with Crippen molar-refractivity contribution in [1.82, 2.24) is 9.88 Å². The number of halogens is 5. The van der Waals surface area contributed by atoms with Crippen LogP contribution in [0.25, 0.3) is 0 Å². The Morgan fingerprint density at radius 2 is 1.88 bits per heavy atom. The fourth-order valence-corrected chi connectivity index (χ4v) is 4.06. The van der Waals surface area contributed by atoms with Crippen molar-refractivity contribution in [1.29, 1.82) is 0 Å². The molecule has 0 unspecified atom stereocenters. The van der Waals surface area contributed by atoms with E-state index < -0.39 is 41.3 Å². The van der Waals surface area contributed by atoms with Crippen LogP contribution in [0.1, 0.15) is 17.7 Å². The van der Waals surface area contributed by atoms with Crippen molar-refractivity contribution in [2.45, 2.75) is 25.6 Å². The lowest BCUT2D eigenvalue weighted by Crippen LogP contribution is -2.46. The minimum absolute atomic E-state index is 0.0635. The largest absolute Gasteiger partial charge is 0.416 e. The van der Waals surface area contributed by atoms with Gasteiger partial charge in [-0.05, 0) is 57.8 Å². The molecule has 33 heavy (non-hydrogen) atoms. The number of rotatable bonds is 5. The molecule has 1 aliphatic heterocycles. The molecule has 0 spiro atoms. The molecule has 1 fully saturated rings. The molecule has 2 atom stereocenters. The van der Waals surface area contributed by atoms with Gasteiger partial charge in [0.05, 0.1) is 16.5 Å². The van der Waals surface area contributed by atoms with Crippen LogP contribution in [0.2, 0.25) is 5.02 Å². The number of aromatic nitrogens is 1. The number of anilines is 2. The van der Waals surface area contributed by atoms with Crippen LogP contribution in [-0.4, -0.2) is 55.4 Å². The minimum atomic E-state index is -4.64. The summed E-state index contributed by atoms with van der Waals surface area (Å²) in [4.78, 5) is 34.8. The number of hydrogen-bond acceptors (Lipinski definition) is 4. The molecule has 1 aliphatic rings. The van der Waals surface area contributed by atoms with Crippen molar-refractivity contribution in [2.24, 2.45) is 5.92 Å². The zero-order valence-electron chi connectivity index (χ0n) is 18.5. The SMILES string of the molecule is Cc1cc(C(F)(F)F)cc(N2C(=O)[C@@H](CN(C)C)C[C@H]2C(=O)N(C)c2ccc(F)c(Cl)c2)n1. The van der Waals surface area contributed by atoms with Crippen molar-refractivity contribution < 1.29 is 27.2 Å². The number of aryl methyl sites for hydroxylation is 1. The highest BCUT2D eigenvalue weighted by Crippen LogP contribution is 2.36. The smallest absolute Gasteiger partial charge is 0.314 e. The van der Waals surface area contributed by atoms with Crippen LogP contribution < -0.4 is 9.80 Å². The summed E-state index contributed by atoms with van der Waals surface area (Å²) in [5, 5.41) is -0.188. The summed E-state index contributed by atoms with van der Waals surface area (Å²) in [7, 11) is 4.94. The average molecular weight is 487 g/mol. The Labute approximate surface area is 193 Å². The zero-order valence-corrected chi connectivity index (χ0v) is 19.2. The second kappa shape index (κ2) is 9.26. The maximum Gasteiger partial charge on any atom is 0.416 e. The molecule has 1 aromatic heterocycles. The summed E-state index contributed by atoms with van der Waals surface area (Å²) in [6.45, 7) is 1.70. The van der Waals surface area contributed by atoms with Gasteiger partial charge >= 0.3 is 6.18 Å². The van der Waals surface area contributed by atoms with E-state index in [2.05, 4.69) is 4.98 Å². The summed E-state index contributed by atoms with van der Waals surface area (Å²) in [6, 6.07) is 4.28. The number of pyridine rings is 1. The highest BCUT2D eigenvalue weighted by Gasteiger charge is 2.46. The van der Waals surface area contributed by atoms with Gasteiger partial charge in [-0.1, -0.05) is 11.6 Å². The number of carbonyl (C=O) groups excluding carboxylic acids is 2. The first-order valence-electron chi connectivity index (χ1n) is 10.1. The van der Waals surface area contributed by atoms with Crippen molar-refractivity contribution in [2.75, 3.05) is 37.5 Å². The van der Waals surface area contributed by atoms with Crippen LogP contribution in [0.5, 0.6) is 0 Å². The van der Waals surface area contributed by atoms with E-state index >= 15 is 0 Å². The van der Waals surface area contributed by atoms with Gasteiger partial charge in [-0.25, -0.2) is 9.37 Å². The molecule has 2 aromatic rings. The Bertz CT molecular complexity index is 1080. The van der Waals surface area contributed by atoms with Gasteiger partial charge in [-0.15, -0.1) is 0 Å². The van der Waals surface area contributed by atoms with Crippen molar-refractivity contribution in [3.63, 3.8) is 0 Å². The number of alkyl halides is 3. The Kier molecular flexibility index (Phi) is 6.99. The lowest BCUT2D eigenvalue weighted by atomic mass is 10.0. The van der Waals surface area contributed by atoms with E-state index in [0.717, 1.165) is 23.1 Å². The third-order valence-electron chi connectivity index (χ3n) is 5.41. The quantitative estimate of drug-likeness (QED) is 0.596. The molecule has 0 N–H and O–H groups in total. The van der Waals surface area contributed by atoms with Gasteiger partial charge in [0.15, 0.2) is 0 Å². The lowest BCUT2D eigenvalue weighted by Gasteiger charge is -2.28. The fourth-order valence-electron chi connectivity index (χ4n) is 3.89. The lowest BCUT2D eigenvalue weighted by molar-refractivity contribution is -0.137. The van der Waals surface area contributed by atoms with E-state index in [0.29, 0.717) is 6.54 Å². The summed E-state index contributed by atoms with van der Waals surface area (Å²) in [6.07, 6.45) is -4.55. The monoisotopic (exact) mass is 486 g/mol. The van der Waals surface area contributed by atoms with Gasteiger partial charge in [0, 0.05) is 25.0 Å². The molecular formula is C22H23ClF4N4O2. The van der Waals surface area contributed by atoms with E-state index in [9.17, 15) is 27.2 Å². The van der Waals surface area contributed by atoms with Crippen LogP contribution in [-0.2, 0) is 15.8 Å². The van der Waals surface area contributed by atoms with Gasteiger partial charge in [0.25, 0.3) is 0 Å². The van der Waals surface area contributed by atoms with Crippen molar-refractivity contribution in [3.05, 3.63) is 52.4 Å². The molecule has 0 radical (unpaired) electrons. The third-order valence-corrected chi connectivity index (χ3v) is 5.70. The normalized spacial score (nSPS) is 18.8. The van der Waals surface area contributed by atoms with E-state index in [1.807, 2.05) is 0 Å². The van der Waals surface area contributed by atoms with Gasteiger partial charge in [0.1, 0.15) is 17.7 Å². The summed E-state index contributed by atoms with van der Waals surface area (Å²) in [5.74, 6) is -2.55. The van der Waals surface area contributed by atoms with Gasteiger partial charge in [0.2, 0.25) is 11.8 Å². The summed E-state index contributed by atoms with van der Waals surface area (Å²) in [5.41, 5.74) is -0.615. The summed E-state index contributed by atoms with van der Waals surface area (Å²) >= 11 is 5.83. The molecule has 1 saturated heterocycles. The first-order chi connectivity index (χ1) is 15.3. The summed E-state index contributed by atoms with van der Waals surface area (Å²) < 4.78 is 53.8. The molecule has 0 saturated carbocycles. The van der Waals surface area contributed by atoms with Crippen LogP contribution in [0.3, 0.4) is 0 Å². The molecule has 178 valence electrons. The van der Waals surface area contributed by atoms with Crippen LogP contribution in [0, 0.1) is 18.7 Å². The maximum atomic E-state index is 13.6. The number of hydrogen-bond donors (Lipinski definition) is 0. The first-order valence-corrected chi connectivity index (χ1v) is 10.4. The molecule has 1 aromatic carbocycles.